The van der Waals surface area contributed by atoms with E-state index in [1.807, 2.05) is 6.07 Å². The zero-order chi connectivity index (χ0) is 42.6. The monoisotopic (exact) mass is 829 g/mol. The quantitative estimate of drug-likeness (QED) is 0.162. The zero-order valence-electron chi connectivity index (χ0n) is 35.4. The molecule has 0 fully saturated rings. The van der Waals surface area contributed by atoms with Crippen molar-refractivity contribution in [3.8, 4) is 50.2 Å². The Morgan fingerprint density at radius 3 is 1.51 bits per heavy atom. The fourth-order valence-corrected chi connectivity index (χ4v) is 11.0. The Morgan fingerprint density at radius 1 is 0.369 bits per heavy atom. The molecule has 0 atom stereocenters. The third-order valence-corrected chi connectivity index (χ3v) is 13.9. The van der Waals surface area contributed by atoms with E-state index in [-0.39, 0.29) is 0 Å². The van der Waals surface area contributed by atoms with Gasteiger partial charge in [-0.1, -0.05) is 176 Å². The standard InChI is InChI=1S/C62H39NO2/c1-2-14-38(15-3-1)59-49-18-4-6-20-51(49)60(52-21-7-5-19-50(52)59)39-28-32-42(33-29-39)63-55-36-40(43-22-12-24-53-47-16-8-10-26-57(47)64-61(43)53)30-34-45(55)46-35-31-41(37-56(46)63)44-23-13-25-54-48-17-9-11-27-58(48)65-62(44)54/h1-8,10-16,18-37H,9,17H2. The molecule has 0 aliphatic heterocycles. The van der Waals surface area contributed by atoms with Crippen LogP contribution in [0.5, 0.6) is 0 Å². The number of hydrogen-bond donors (Lipinski definition) is 0. The van der Waals surface area contributed by atoms with Crippen LogP contribution >= 0.6 is 0 Å². The highest BCUT2D eigenvalue weighted by Gasteiger charge is 2.22. The van der Waals surface area contributed by atoms with Crippen LogP contribution in [0, 0.1) is 0 Å². The fraction of sp³-hybridized carbons (Fsp3) is 0.0323. The molecule has 3 nitrogen and oxygen atoms in total. The van der Waals surface area contributed by atoms with E-state index in [0.29, 0.717) is 0 Å². The number of fused-ring (bicyclic) bond motifs is 11. The smallest absolute Gasteiger partial charge is 0.143 e. The van der Waals surface area contributed by atoms with E-state index < -0.39 is 0 Å². The highest BCUT2D eigenvalue weighted by atomic mass is 16.3. The van der Waals surface area contributed by atoms with Crippen molar-refractivity contribution in [3.63, 3.8) is 0 Å². The highest BCUT2D eigenvalue weighted by molar-refractivity contribution is 6.21. The first kappa shape index (κ1) is 36.1. The van der Waals surface area contributed by atoms with Crippen LogP contribution in [-0.2, 0) is 6.42 Å². The van der Waals surface area contributed by atoms with Gasteiger partial charge in [0.1, 0.15) is 22.5 Å². The fourth-order valence-electron chi connectivity index (χ4n) is 11.0. The van der Waals surface area contributed by atoms with Crippen molar-refractivity contribution in [1.82, 2.24) is 4.57 Å². The molecule has 0 saturated carbocycles. The largest absolute Gasteiger partial charge is 0.456 e. The Morgan fingerprint density at radius 2 is 0.877 bits per heavy atom. The summed E-state index contributed by atoms with van der Waals surface area (Å²) in [5.74, 6) is 0.983. The summed E-state index contributed by atoms with van der Waals surface area (Å²) in [5.41, 5.74) is 16.8. The summed E-state index contributed by atoms with van der Waals surface area (Å²) in [7, 11) is 0. The molecule has 1 aliphatic rings. The number of benzene rings is 10. The summed E-state index contributed by atoms with van der Waals surface area (Å²) in [5, 5.41) is 10.8. The molecule has 0 N–H and O–H groups in total. The lowest BCUT2D eigenvalue weighted by Gasteiger charge is -2.18. The molecule has 304 valence electrons. The highest BCUT2D eigenvalue weighted by Crippen LogP contribution is 2.46. The van der Waals surface area contributed by atoms with Gasteiger partial charge in [-0.3, -0.25) is 0 Å². The van der Waals surface area contributed by atoms with Crippen molar-refractivity contribution in [2.24, 2.45) is 0 Å². The number of nitrogens with zero attached hydrogens (tertiary/aromatic N) is 1. The van der Waals surface area contributed by atoms with Gasteiger partial charge in [-0.2, -0.15) is 0 Å². The minimum Gasteiger partial charge on any atom is -0.456 e. The minimum absolute atomic E-state index is 0.900. The van der Waals surface area contributed by atoms with Crippen molar-refractivity contribution in [3.05, 3.63) is 218 Å². The summed E-state index contributed by atoms with van der Waals surface area (Å²) in [6, 6.07) is 73.0. The van der Waals surface area contributed by atoms with E-state index in [0.717, 1.165) is 85.1 Å². The predicted molar refractivity (Wildman–Crippen MR) is 272 cm³/mol. The second kappa shape index (κ2) is 14.1. The van der Waals surface area contributed by atoms with Gasteiger partial charge in [-0.25, -0.2) is 0 Å². The Balaban J connectivity index is 0.995. The Kier molecular flexibility index (Phi) is 7.81. The first-order chi connectivity index (χ1) is 32.2. The summed E-state index contributed by atoms with van der Waals surface area (Å²) in [4.78, 5) is 0. The molecule has 0 unspecified atom stereocenters. The minimum atomic E-state index is 0.900. The molecule has 0 radical (unpaired) electrons. The molecule has 13 aromatic rings. The van der Waals surface area contributed by atoms with Crippen LogP contribution in [0.1, 0.15) is 17.7 Å². The van der Waals surface area contributed by atoms with Crippen LogP contribution in [0.15, 0.2) is 215 Å². The maximum Gasteiger partial charge on any atom is 0.143 e. The van der Waals surface area contributed by atoms with E-state index in [9.17, 15) is 0 Å². The van der Waals surface area contributed by atoms with Gasteiger partial charge in [0.25, 0.3) is 0 Å². The van der Waals surface area contributed by atoms with Crippen molar-refractivity contribution < 1.29 is 8.83 Å². The number of rotatable bonds is 5. The number of hydrogen-bond acceptors (Lipinski definition) is 2. The summed E-state index contributed by atoms with van der Waals surface area (Å²) in [6.45, 7) is 0. The van der Waals surface area contributed by atoms with Crippen LogP contribution in [0.25, 0.3) is 133 Å². The molecular weight excluding hydrogens is 791 g/mol. The van der Waals surface area contributed by atoms with Gasteiger partial charge in [0.15, 0.2) is 0 Å². The average molecular weight is 830 g/mol. The van der Waals surface area contributed by atoms with Gasteiger partial charge >= 0.3 is 0 Å². The van der Waals surface area contributed by atoms with Gasteiger partial charge in [0.2, 0.25) is 0 Å². The van der Waals surface area contributed by atoms with E-state index in [2.05, 4.69) is 211 Å². The Labute approximate surface area is 374 Å². The van der Waals surface area contributed by atoms with Crippen LogP contribution in [0.2, 0.25) is 0 Å². The summed E-state index contributed by atoms with van der Waals surface area (Å²) >= 11 is 0. The van der Waals surface area contributed by atoms with Crippen molar-refractivity contribution in [2.75, 3.05) is 0 Å². The van der Waals surface area contributed by atoms with Crippen LogP contribution in [-0.4, -0.2) is 4.57 Å². The summed E-state index contributed by atoms with van der Waals surface area (Å²) < 4.78 is 15.7. The molecule has 3 heterocycles. The molecule has 0 spiro atoms. The number of para-hydroxylation sites is 3. The molecule has 3 aromatic heterocycles. The van der Waals surface area contributed by atoms with Gasteiger partial charge < -0.3 is 13.4 Å². The van der Waals surface area contributed by atoms with E-state index in [4.69, 9.17) is 8.83 Å². The predicted octanol–water partition coefficient (Wildman–Crippen LogP) is 17.4. The molecule has 1 aliphatic carbocycles. The van der Waals surface area contributed by atoms with Gasteiger partial charge in [0, 0.05) is 49.3 Å². The van der Waals surface area contributed by atoms with E-state index in [1.54, 1.807) is 0 Å². The third kappa shape index (κ3) is 5.42. The van der Waals surface area contributed by atoms with Gasteiger partial charge in [-0.15, -0.1) is 0 Å². The van der Waals surface area contributed by atoms with Crippen molar-refractivity contribution >= 4 is 82.3 Å². The molecule has 3 heteroatoms. The molecular formula is C62H39NO2. The SMILES string of the molecule is C1=Cc2oc3c(-c4ccc5c6ccc(-c7cccc8c7oc7ccccc78)cc6n(-c6ccc(-c7c8ccccc8c(-c8ccccc8)c8ccccc78)cc6)c5c4)cccc3c2CC1. The summed E-state index contributed by atoms with van der Waals surface area (Å²) in [6.07, 6.45) is 6.39. The third-order valence-electron chi connectivity index (χ3n) is 13.9. The van der Waals surface area contributed by atoms with Crippen LogP contribution < -0.4 is 0 Å². The normalized spacial score (nSPS) is 12.7. The average Bonchev–Trinajstić information content (AvgIpc) is 4.05. The van der Waals surface area contributed by atoms with Gasteiger partial charge in [-0.05, 0) is 104 Å². The number of aromatic nitrogens is 1. The van der Waals surface area contributed by atoms with Crippen LogP contribution in [0.4, 0.5) is 0 Å². The number of allylic oxidation sites excluding steroid dienone is 1. The topological polar surface area (TPSA) is 31.2 Å². The lowest BCUT2D eigenvalue weighted by Crippen LogP contribution is -1.95. The second-order valence-corrected chi connectivity index (χ2v) is 17.4. The molecule has 65 heavy (non-hydrogen) atoms. The van der Waals surface area contributed by atoms with Gasteiger partial charge in [0.05, 0.1) is 11.0 Å². The molecule has 14 rings (SSSR count). The molecule has 0 bridgehead atoms. The number of furan rings is 2. The lowest BCUT2D eigenvalue weighted by molar-refractivity contribution is 0.596. The Hall–Kier alpha value is -8.40. The molecule has 0 amide bonds. The Bertz CT molecular complexity index is 4050. The van der Waals surface area contributed by atoms with Crippen molar-refractivity contribution in [1.29, 1.82) is 0 Å². The van der Waals surface area contributed by atoms with E-state index >= 15 is 0 Å². The second-order valence-electron chi connectivity index (χ2n) is 17.4. The van der Waals surface area contributed by atoms with Crippen LogP contribution in [0.3, 0.4) is 0 Å². The first-order valence-electron chi connectivity index (χ1n) is 22.5. The zero-order valence-corrected chi connectivity index (χ0v) is 35.4. The van der Waals surface area contributed by atoms with E-state index in [1.165, 1.54) is 65.5 Å². The molecule has 10 aromatic carbocycles. The molecule has 0 saturated heterocycles. The maximum absolute atomic E-state index is 6.63. The number of aryl methyl sites for hydroxylation is 1. The maximum atomic E-state index is 6.63. The lowest BCUT2D eigenvalue weighted by atomic mass is 9.86. The first-order valence-corrected chi connectivity index (χ1v) is 22.5. The van der Waals surface area contributed by atoms with Crippen molar-refractivity contribution in [2.45, 2.75) is 12.8 Å².